The quantitative estimate of drug-likeness (QED) is 0.254. The van der Waals surface area contributed by atoms with Crippen molar-refractivity contribution in [3.05, 3.63) is 6.42 Å². The summed E-state index contributed by atoms with van der Waals surface area (Å²) in [5, 5.41) is 0. The second-order valence-corrected chi connectivity index (χ2v) is 1.83. The fraction of sp³-hybridized carbons (Fsp3) is 0.667. The van der Waals surface area contributed by atoms with Crippen LogP contribution in [0.4, 0.5) is 0 Å². The van der Waals surface area contributed by atoms with Crippen molar-refractivity contribution < 1.29 is 60.9 Å². The number of esters is 1. The Kier molecular flexibility index (Phi) is 5.45. The molecule has 1 aliphatic carbocycles. The van der Waals surface area contributed by atoms with Gasteiger partial charge in [0.15, 0.2) is 0 Å². The summed E-state index contributed by atoms with van der Waals surface area (Å²) < 4.78 is 4.70. The van der Waals surface area contributed by atoms with Gasteiger partial charge in [-0.1, -0.05) is 5.92 Å². The summed E-state index contributed by atoms with van der Waals surface area (Å²) in [6.07, 6.45) is 2.86. The molecule has 0 aromatic carbocycles. The Labute approximate surface area is 97.8 Å². The molecule has 0 heterocycles. The molecule has 0 spiro atoms. The molecule has 0 bridgehead atoms. The minimum absolute atomic E-state index is 0. The molecule has 1 saturated carbocycles. The van der Waals surface area contributed by atoms with Gasteiger partial charge in [-0.05, 0) is 6.92 Å². The predicted molar refractivity (Wildman–Crippen MR) is 29.0 cm³/mol. The molecule has 1 atom stereocenters. The molecule has 1 unspecified atom stereocenters. The van der Waals surface area contributed by atoms with E-state index in [2.05, 4.69) is 0 Å². The molecule has 0 radical (unpaired) electrons. The molecule has 0 aliphatic heterocycles. The summed E-state index contributed by atoms with van der Waals surface area (Å²) in [6.45, 7) is 2.32. The third kappa shape index (κ3) is 3.73. The van der Waals surface area contributed by atoms with Gasteiger partial charge in [0.2, 0.25) is 0 Å². The van der Waals surface area contributed by atoms with E-state index in [1.54, 1.807) is 0 Å². The first-order chi connectivity index (χ1) is 3.84. The van der Waals surface area contributed by atoms with Crippen molar-refractivity contribution in [2.75, 3.05) is 6.61 Å². The topological polar surface area (TPSA) is 26.3 Å². The monoisotopic (exact) mass is 152 g/mol. The Hall–Kier alpha value is 1.11. The van der Waals surface area contributed by atoms with Crippen LogP contribution in [-0.2, 0) is 9.53 Å². The van der Waals surface area contributed by atoms with Gasteiger partial charge in [-0.25, -0.2) is 0 Å². The second-order valence-electron chi connectivity index (χ2n) is 1.83. The van der Waals surface area contributed by atoms with E-state index in [1.807, 2.05) is 13.3 Å². The van der Waals surface area contributed by atoms with Gasteiger partial charge in [-0.2, -0.15) is 6.42 Å². The fourth-order valence-corrected chi connectivity index (χ4v) is 0.510. The van der Waals surface area contributed by atoms with E-state index < -0.39 is 0 Å². The van der Waals surface area contributed by atoms with Crippen LogP contribution in [0.15, 0.2) is 0 Å². The van der Waals surface area contributed by atoms with Crippen LogP contribution in [0.25, 0.3) is 0 Å². The minimum Gasteiger partial charge on any atom is -0.468 e. The zero-order valence-corrected chi connectivity index (χ0v) is 9.01. The molecule has 0 aromatic heterocycles. The van der Waals surface area contributed by atoms with E-state index in [4.69, 9.17) is 4.74 Å². The number of hydrogen-bond acceptors (Lipinski definition) is 2. The summed E-state index contributed by atoms with van der Waals surface area (Å²) in [5.74, 6) is 0.0717. The van der Waals surface area contributed by atoms with Gasteiger partial charge >= 0.3 is 51.4 Å². The van der Waals surface area contributed by atoms with Gasteiger partial charge in [0, 0.05) is 0 Å². The van der Waals surface area contributed by atoms with Gasteiger partial charge in [0.1, 0.15) is 0 Å². The summed E-state index contributed by atoms with van der Waals surface area (Å²) in [5.41, 5.74) is 0. The summed E-state index contributed by atoms with van der Waals surface area (Å²) in [7, 11) is 0. The molecule has 2 nitrogen and oxygen atoms in total. The number of ether oxygens (including phenoxy) is 1. The maximum Gasteiger partial charge on any atom is 1.00 e. The third-order valence-corrected chi connectivity index (χ3v) is 1.06. The molecule has 3 heteroatoms. The molecule has 0 N–H and O–H groups in total. The normalized spacial score (nSPS) is 22.1. The smallest absolute Gasteiger partial charge is 0.468 e. The summed E-state index contributed by atoms with van der Waals surface area (Å²) >= 11 is 0. The van der Waals surface area contributed by atoms with Crippen molar-refractivity contribution in [3.63, 3.8) is 0 Å². The molecule has 1 fully saturated rings. The van der Waals surface area contributed by atoms with Crippen LogP contribution >= 0.6 is 0 Å². The maximum atomic E-state index is 10.6. The molecule has 0 amide bonds. The van der Waals surface area contributed by atoms with Crippen LogP contribution in [0.2, 0.25) is 0 Å². The number of rotatable bonds is 2. The predicted octanol–water partition coefficient (Wildman–Crippen LogP) is -2.22. The van der Waals surface area contributed by atoms with Crippen LogP contribution in [0, 0.1) is 12.3 Å². The van der Waals surface area contributed by atoms with Crippen molar-refractivity contribution in [1.82, 2.24) is 0 Å². The van der Waals surface area contributed by atoms with Gasteiger partial charge in [-0.3, -0.25) is 4.79 Å². The SMILES string of the molecule is CCOC(=O)C1[CH-]C1.[K+]. The zero-order chi connectivity index (χ0) is 5.98. The molecule has 46 valence electrons. The Bertz CT molecular complexity index is 99.2. The van der Waals surface area contributed by atoms with Crippen LogP contribution in [0.3, 0.4) is 0 Å². The van der Waals surface area contributed by atoms with Crippen molar-refractivity contribution >= 4 is 5.97 Å². The standard InChI is InChI=1S/C6H9O2.K/c1-2-8-6(7)5-3-4-5;/h3,5H,2,4H2,1H3;/q-1;+1. The fourth-order valence-electron chi connectivity index (χ4n) is 0.510. The molecular weight excluding hydrogens is 143 g/mol. The zero-order valence-electron chi connectivity index (χ0n) is 5.89. The van der Waals surface area contributed by atoms with Gasteiger partial charge in [0.25, 0.3) is 5.97 Å². The molecule has 0 aromatic rings. The molecule has 0 saturated heterocycles. The van der Waals surface area contributed by atoms with E-state index in [-0.39, 0.29) is 63.3 Å². The van der Waals surface area contributed by atoms with E-state index in [1.165, 1.54) is 0 Å². The van der Waals surface area contributed by atoms with Crippen molar-refractivity contribution in [2.24, 2.45) is 5.92 Å². The maximum absolute atomic E-state index is 10.6. The third-order valence-electron chi connectivity index (χ3n) is 1.06. The van der Waals surface area contributed by atoms with Crippen molar-refractivity contribution in [2.45, 2.75) is 13.3 Å². The van der Waals surface area contributed by atoms with Crippen molar-refractivity contribution in [1.29, 1.82) is 0 Å². The molecule has 9 heavy (non-hydrogen) atoms. The first-order valence-electron chi connectivity index (χ1n) is 2.84. The average Bonchev–Trinajstić information content (AvgIpc) is 2.45. The Balaban J connectivity index is 0.000000640. The van der Waals surface area contributed by atoms with E-state index in [0.29, 0.717) is 6.61 Å². The second kappa shape index (κ2) is 4.85. The van der Waals surface area contributed by atoms with Gasteiger partial charge in [-0.15, -0.1) is 0 Å². The number of carbonyl (C=O) groups excluding carboxylic acids is 1. The first kappa shape index (κ1) is 10.1. The minimum atomic E-state index is -0.0625. The molecule has 1 aliphatic rings. The van der Waals surface area contributed by atoms with E-state index in [9.17, 15) is 4.79 Å². The largest absolute Gasteiger partial charge is 1.00 e. The van der Waals surface area contributed by atoms with Crippen molar-refractivity contribution in [3.8, 4) is 0 Å². The Morgan fingerprint density at radius 2 is 2.44 bits per heavy atom. The Morgan fingerprint density at radius 1 is 1.89 bits per heavy atom. The van der Waals surface area contributed by atoms with Crippen LogP contribution in [0.5, 0.6) is 0 Å². The first-order valence-corrected chi connectivity index (χ1v) is 2.84. The van der Waals surface area contributed by atoms with Gasteiger partial charge < -0.3 is 11.2 Å². The molecular formula is C6H9KO2. The van der Waals surface area contributed by atoms with E-state index in [0.717, 1.165) is 6.42 Å². The number of carbonyl (C=O) groups is 1. The summed E-state index contributed by atoms with van der Waals surface area (Å²) in [6, 6.07) is 0. The van der Waals surface area contributed by atoms with E-state index >= 15 is 0 Å². The summed E-state index contributed by atoms with van der Waals surface area (Å²) in [4.78, 5) is 10.6. The Morgan fingerprint density at radius 3 is 2.78 bits per heavy atom. The van der Waals surface area contributed by atoms with Crippen LogP contribution < -0.4 is 51.4 Å². The van der Waals surface area contributed by atoms with Crippen LogP contribution in [-0.4, -0.2) is 12.6 Å². The van der Waals surface area contributed by atoms with Crippen LogP contribution in [0.1, 0.15) is 13.3 Å². The number of hydrogen-bond donors (Lipinski definition) is 0. The van der Waals surface area contributed by atoms with Gasteiger partial charge in [0.05, 0.1) is 6.61 Å². The molecule has 1 rings (SSSR count). The average molecular weight is 152 g/mol.